The molecule has 8 heteroatoms. The first-order chi connectivity index (χ1) is 16.5. The highest BCUT2D eigenvalue weighted by molar-refractivity contribution is 9.10. The molecule has 0 aromatic heterocycles. The van der Waals surface area contributed by atoms with Crippen molar-refractivity contribution in [1.82, 2.24) is 5.43 Å². The predicted octanol–water partition coefficient (Wildman–Crippen LogP) is 5.46. The molecule has 1 N–H and O–H groups in total. The number of nitrogens with one attached hydrogen (secondary N) is 1. The molecule has 0 fully saturated rings. The minimum atomic E-state index is -0.328. The second kappa shape index (κ2) is 12.4. The van der Waals surface area contributed by atoms with Crippen LogP contribution in [0.5, 0.6) is 17.2 Å². The summed E-state index contributed by atoms with van der Waals surface area (Å²) < 4.78 is 17.8. The van der Waals surface area contributed by atoms with E-state index in [2.05, 4.69) is 32.5 Å². The third-order valence-electron chi connectivity index (χ3n) is 4.61. The van der Waals surface area contributed by atoms with Gasteiger partial charge >= 0.3 is 0 Å². The summed E-state index contributed by atoms with van der Waals surface area (Å²) in [6, 6.07) is 19.7. The van der Waals surface area contributed by atoms with Crippen molar-refractivity contribution in [2.75, 3.05) is 13.2 Å². The fourth-order valence-corrected chi connectivity index (χ4v) is 3.57. The van der Waals surface area contributed by atoms with Crippen LogP contribution in [0.15, 0.2) is 70.2 Å². The number of nitrogens with zero attached hydrogens (tertiary/aromatic N) is 2. The van der Waals surface area contributed by atoms with Crippen molar-refractivity contribution in [1.29, 1.82) is 5.26 Å². The third-order valence-corrected chi connectivity index (χ3v) is 5.19. The van der Waals surface area contributed by atoms with Gasteiger partial charge in [-0.2, -0.15) is 10.4 Å². The van der Waals surface area contributed by atoms with Crippen LogP contribution in [0.4, 0.5) is 0 Å². The average molecular weight is 522 g/mol. The van der Waals surface area contributed by atoms with E-state index in [-0.39, 0.29) is 5.91 Å². The molecule has 3 aromatic carbocycles. The van der Waals surface area contributed by atoms with E-state index in [1.165, 1.54) is 6.21 Å². The Morgan fingerprint density at radius 1 is 1.03 bits per heavy atom. The number of nitriles is 1. The largest absolute Gasteiger partial charge is 0.494 e. The van der Waals surface area contributed by atoms with E-state index in [0.29, 0.717) is 58.2 Å². The molecular weight excluding hydrogens is 498 g/mol. The van der Waals surface area contributed by atoms with Crippen molar-refractivity contribution in [2.24, 2.45) is 5.10 Å². The number of halogens is 1. The van der Waals surface area contributed by atoms with E-state index in [1.807, 2.05) is 32.0 Å². The second-order valence-corrected chi connectivity index (χ2v) is 7.87. The number of benzene rings is 3. The van der Waals surface area contributed by atoms with Gasteiger partial charge in [0.05, 0.1) is 35.5 Å². The van der Waals surface area contributed by atoms with Crippen LogP contribution in [-0.2, 0) is 6.61 Å². The highest BCUT2D eigenvalue weighted by atomic mass is 79.9. The maximum absolute atomic E-state index is 12.3. The molecule has 0 heterocycles. The normalized spacial score (nSPS) is 10.5. The van der Waals surface area contributed by atoms with Crippen LogP contribution in [0, 0.1) is 11.3 Å². The molecule has 0 saturated carbocycles. The third kappa shape index (κ3) is 6.83. The summed E-state index contributed by atoms with van der Waals surface area (Å²) in [6.45, 7) is 5.12. The first kappa shape index (κ1) is 24.8. The van der Waals surface area contributed by atoms with Crippen molar-refractivity contribution in [3.8, 4) is 23.3 Å². The average Bonchev–Trinajstić information content (AvgIpc) is 2.84. The van der Waals surface area contributed by atoms with Gasteiger partial charge in [0.15, 0.2) is 11.5 Å². The number of hydrazone groups is 1. The van der Waals surface area contributed by atoms with E-state index in [0.717, 1.165) is 5.56 Å². The van der Waals surface area contributed by atoms with Gasteiger partial charge in [0, 0.05) is 5.56 Å². The maximum atomic E-state index is 12.3. The summed E-state index contributed by atoms with van der Waals surface area (Å²) in [7, 11) is 0. The van der Waals surface area contributed by atoms with Crippen LogP contribution in [0.2, 0.25) is 0 Å². The van der Waals surface area contributed by atoms with Gasteiger partial charge in [0.25, 0.3) is 5.91 Å². The van der Waals surface area contributed by atoms with Crippen LogP contribution < -0.4 is 19.6 Å². The molecule has 7 nitrogen and oxygen atoms in total. The second-order valence-electron chi connectivity index (χ2n) is 7.02. The fourth-order valence-electron chi connectivity index (χ4n) is 3.00. The molecule has 0 bridgehead atoms. The van der Waals surface area contributed by atoms with Crippen molar-refractivity contribution in [3.05, 3.63) is 87.4 Å². The lowest BCUT2D eigenvalue weighted by molar-refractivity contribution is 0.0955. The topological polar surface area (TPSA) is 92.9 Å². The molecule has 3 rings (SSSR count). The molecule has 0 saturated heterocycles. The smallest absolute Gasteiger partial charge is 0.271 e. The van der Waals surface area contributed by atoms with Gasteiger partial charge in [-0.05, 0) is 89.4 Å². The quantitative estimate of drug-likeness (QED) is 0.282. The van der Waals surface area contributed by atoms with Gasteiger partial charge in [-0.25, -0.2) is 5.43 Å². The van der Waals surface area contributed by atoms with Gasteiger partial charge in [-0.3, -0.25) is 4.79 Å². The lowest BCUT2D eigenvalue weighted by atomic mass is 10.1. The van der Waals surface area contributed by atoms with Gasteiger partial charge in [-0.1, -0.05) is 12.1 Å². The van der Waals surface area contributed by atoms with Gasteiger partial charge in [-0.15, -0.1) is 0 Å². The van der Waals surface area contributed by atoms with Crippen molar-refractivity contribution < 1.29 is 19.0 Å². The standard InChI is InChI=1S/C26H24BrN3O4/c1-3-32-22-11-9-21(10-12-22)26(31)30-29-16-20-13-23(27)25(24(14-20)33-4-2)34-17-19-7-5-18(15-28)6-8-19/h5-14,16H,3-4,17H2,1-2H3,(H,30,31)/b29-16+. The van der Waals surface area contributed by atoms with Crippen LogP contribution in [-0.4, -0.2) is 25.3 Å². The Labute approximate surface area is 207 Å². The van der Waals surface area contributed by atoms with Crippen molar-refractivity contribution in [2.45, 2.75) is 20.5 Å². The minimum absolute atomic E-state index is 0.315. The van der Waals surface area contributed by atoms with Crippen LogP contribution in [0.1, 0.15) is 40.9 Å². The Kier molecular flexibility index (Phi) is 9.06. The lowest BCUT2D eigenvalue weighted by Crippen LogP contribution is -2.17. The summed E-state index contributed by atoms with van der Waals surface area (Å²) in [5.41, 5.74) is 5.23. The number of carbonyl (C=O) groups excluding carboxylic acids is 1. The Morgan fingerprint density at radius 2 is 1.74 bits per heavy atom. The number of amides is 1. The highest BCUT2D eigenvalue weighted by Crippen LogP contribution is 2.37. The molecule has 3 aromatic rings. The van der Waals surface area contributed by atoms with Crippen LogP contribution in [0.25, 0.3) is 0 Å². The monoisotopic (exact) mass is 521 g/mol. The van der Waals surface area contributed by atoms with Gasteiger partial charge in [0.1, 0.15) is 12.4 Å². The molecule has 0 aliphatic rings. The molecule has 174 valence electrons. The van der Waals surface area contributed by atoms with Gasteiger partial charge < -0.3 is 14.2 Å². The maximum Gasteiger partial charge on any atom is 0.271 e. The molecule has 0 radical (unpaired) electrons. The lowest BCUT2D eigenvalue weighted by Gasteiger charge is -2.14. The SMILES string of the molecule is CCOc1ccc(C(=O)N/N=C/c2cc(Br)c(OCc3ccc(C#N)cc3)c(OCC)c2)cc1. The molecule has 34 heavy (non-hydrogen) atoms. The Bertz CT molecular complexity index is 1190. The van der Waals surface area contributed by atoms with Crippen LogP contribution >= 0.6 is 15.9 Å². The number of hydrogen-bond donors (Lipinski definition) is 1. The molecular formula is C26H24BrN3O4. The number of ether oxygens (including phenoxy) is 3. The fraction of sp³-hybridized carbons (Fsp3) is 0.192. The Hall–Kier alpha value is -3.83. The summed E-state index contributed by atoms with van der Waals surface area (Å²) in [6.07, 6.45) is 1.53. The van der Waals surface area contributed by atoms with E-state index in [1.54, 1.807) is 42.5 Å². The zero-order chi connectivity index (χ0) is 24.3. The number of carbonyl (C=O) groups is 1. The Balaban J connectivity index is 1.67. The van der Waals surface area contributed by atoms with E-state index < -0.39 is 0 Å². The first-order valence-electron chi connectivity index (χ1n) is 10.7. The predicted molar refractivity (Wildman–Crippen MR) is 133 cm³/mol. The summed E-state index contributed by atoms with van der Waals surface area (Å²) in [4.78, 5) is 12.3. The Morgan fingerprint density at radius 3 is 2.38 bits per heavy atom. The molecule has 0 atom stereocenters. The zero-order valence-electron chi connectivity index (χ0n) is 18.9. The minimum Gasteiger partial charge on any atom is -0.494 e. The zero-order valence-corrected chi connectivity index (χ0v) is 20.5. The molecule has 0 spiro atoms. The highest BCUT2D eigenvalue weighted by Gasteiger charge is 2.12. The van der Waals surface area contributed by atoms with Crippen LogP contribution in [0.3, 0.4) is 0 Å². The summed E-state index contributed by atoms with van der Waals surface area (Å²) >= 11 is 3.53. The van der Waals surface area contributed by atoms with E-state index >= 15 is 0 Å². The number of hydrogen-bond acceptors (Lipinski definition) is 6. The van der Waals surface area contributed by atoms with E-state index in [9.17, 15) is 4.79 Å². The summed E-state index contributed by atoms with van der Waals surface area (Å²) in [5, 5.41) is 13.0. The number of rotatable bonds is 10. The molecule has 0 aliphatic heterocycles. The van der Waals surface area contributed by atoms with Crippen molar-refractivity contribution >= 4 is 28.1 Å². The first-order valence-corrected chi connectivity index (χ1v) is 11.5. The van der Waals surface area contributed by atoms with Gasteiger partial charge in [0.2, 0.25) is 0 Å². The van der Waals surface area contributed by atoms with E-state index in [4.69, 9.17) is 19.5 Å². The van der Waals surface area contributed by atoms with Crippen molar-refractivity contribution in [3.63, 3.8) is 0 Å². The molecule has 1 amide bonds. The molecule has 0 aliphatic carbocycles. The molecule has 0 unspecified atom stereocenters. The summed E-state index contributed by atoms with van der Waals surface area (Å²) in [5.74, 6) is 1.48.